The Bertz CT molecular complexity index is 903. The predicted octanol–water partition coefficient (Wildman–Crippen LogP) is 4.12. The van der Waals surface area contributed by atoms with Crippen molar-refractivity contribution in [2.75, 3.05) is 6.54 Å². The predicted molar refractivity (Wildman–Crippen MR) is 116 cm³/mol. The quantitative estimate of drug-likeness (QED) is 0.348. The number of carbonyl (C=O) groups is 2. The van der Waals surface area contributed by atoms with Crippen molar-refractivity contribution in [3.8, 4) is 0 Å². The Morgan fingerprint density at radius 2 is 1.93 bits per heavy atom. The van der Waals surface area contributed by atoms with E-state index in [0.29, 0.717) is 17.1 Å². The van der Waals surface area contributed by atoms with Crippen LogP contribution in [0.5, 0.6) is 0 Å². The fourth-order valence-electron chi connectivity index (χ4n) is 3.05. The Morgan fingerprint density at radius 3 is 2.60 bits per heavy atom. The summed E-state index contributed by atoms with van der Waals surface area (Å²) in [5.41, 5.74) is 0.961. The number of hydrogen-bond acceptors (Lipinski definition) is 4. The van der Waals surface area contributed by atoms with Gasteiger partial charge in [0, 0.05) is 29.7 Å². The topological polar surface area (TPSA) is 92.6 Å². The summed E-state index contributed by atoms with van der Waals surface area (Å²) >= 11 is 6.06. The smallest absolute Gasteiger partial charge is 0.273 e. The average molecular weight is 432 g/mol. The zero-order chi connectivity index (χ0) is 22.1. The maximum absolute atomic E-state index is 13.1. The summed E-state index contributed by atoms with van der Waals surface area (Å²) in [7, 11) is 0. The Hall–Kier alpha value is -2.93. The lowest BCUT2D eigenvalue weighted by molar-refractivity contribution is -0.385. The van der Waals surface area contributed by atoms with Gasteiger partial charge in [-0.1, -0.05) is 55.3 Å². The summed E-state index contributed by atoms with van der Waals surface area (Å²) in [6, 6.07) is 12.4. The first-order valence-corrected chi connectivity index (χ1v) is 10.2. The molecular weight excluding hydrogens is 406 g/mol. The van der Waals surface area contributed by atoms with Gasteiger partial charge in [-0.05, 0) is 31.0 Å². The van der Waals surface area contributed by atoms with Crippen LogP contribution < -0.4 is 5.32 Å². The van der Waals surface area contributed by atoms with Crippen LogP contribution in [-0.4, -0.2) is 34.2 Å². The zero-order valence-electron chi connectivity index (χ0n) is 17.1. The fourth-order valence-corrected chi connectivity index (χ4v) is 3.27. The van der Waals surface area contributed by atoms with Crippen LogP contribution in [0.3, 0.4) is 0 Å². The van der Waals surface area contributed by atoms with Gasteiger partial charge in [0.1, 0.15) is 6.04 Å². The lowest BCUT2D eigenvalue weighted by atomic mass is 10.1. The van der Waals surface area contributed by atoms with E-state index >= 15 is 0 Å². The van der Waals surface area contributed by atoms with E-state index in [1.807, 2.05) is 13.0 Å². The summed E-state index contributed by atoms with van der Waals surface area (Å²) in [5, 5.41) is 14.7. The van der Waals surface area contributed by atoms with Crippen LogP contribution >= 0.6 is 11.6 Å². The van der Waals surface area contributed by atoms with Crippen molar-refractivity contribution in [3.63, 3.8) is 0 Å². The first kappa shape index (κ1) is 23.3. The van der Waals surface area contributed by atoms with Gasteiger partial charge in [-0.25, -0.2) is 0 Å². The van der Waals surface area contributed by atoms with Crippen molar-refractivity contribution in [2.45, 2.75) is 45.7 Å². The van der Waals surface area contributed by atoms with Crippen LogP contribution in [0, 0.1) is 10.1 Å². The number of amides is 2. The summed E-state index contributed by atoms with van der Waals surface area (Å²) in [4.78, 5) is 38.0. The highest BCUT2D eigenvalue weighted by atomic mass is 35.5. The Labute approximate surface area is 181 Å². The van der Waals surface area contributed by atoms with E-state index in [0.717, 1.165) is 18.4 Å². The molecule has 0 saturated heterocycles. The molecule has 0 spiro atoms. The van der Waals surface area contributed by atoms with E-state index in [9.17, 15) is 19.7 Å². The van der Waals surface area contributed by atoms with Gasteiger partial charge in [0.2, 0.25) is 11.8 Å². The van der Waals surface area contributed by atoms with Gasteiger partial charge in [-0.2, -0.15) is 0 Å². The highest BCUT2D eigenvalue weighted by molar-refractivity contribution is 6.30. The van der Waals surface area contributed by atoms with Crippen LogP contribution in [0.25, 0.3) is 0 Å². The van der Waals surface area contributed by atoms with Gasteiger partial charge in [0.05, 0.1) is 11.3 Å². The third-order valence-electron chi connectivity index (χ3n) is 4.77. The van der Waals surface area contributed by atoms with Crippen LogP contribution in [0.1, 0.15) is 37.8 Å². The SMILES string of the molecule is CCCCNC(=O)C(C)N(Cc1cccc(Cl)c1)C(=O)Cc1ccccc1[N+](=O)[O-]. The van der Waals surface area contributed by atoms with Gasteiger partial charge < -0.3 is 10.2 Å². The van der Waals surface area contributed by atoms with E-state index in [2.05, 4.69) is 5.32 Å². The summed E-state index contributed by atoms with van der Waals surface area (Å²) in [5.74, 6) is -0.635. The monoisotopic (exact) mass is 431 g/mol. The summed E-state index contributed by atoms with van der Waals surface area (Å²) < 4.78 is 0. The molecule has 8 heteroatoms. The zero-order valence-corrected chi connectivity index (χ0v) is 17.9. The minimum Gasteiger partial charge on any atom is -0.354 e. The van der Waals surface area contributed by atoms with Crippen molar-refractivity contribution in [2.24, 2.45) is 0 Å². The number of rotatable bonds is 10. The second-order valence-electron chi connectivity index (χ2n) is 7.03. The molecule has 160 valence electrons. The molecule has 2 rings (SSSR count). The lowest BCUT2D eigenvalue weighted by Gasteiger charge is -2.29. The highest BCUT2D eigenvalue weighted by Crippen LogP contribution is 2.21. The molecule has 2 amide bonds. The number of nitrogens with zero attached hydrogens (tertiary/aromatic N) is 2. The van der Waals surface area contributed by atoms with Gasteiger partial charge in [0.15, 0.2) is 0 Å². The molecular formula is C22H26ClN3O4. The van der Waals surface area contributed by atoms with Crippen LogP contribution in [0.2, 0.25) is 5.02 Å². The molecule has 0 aromatic heterocycles. The molecule has 0 aliphatic heterocycles. The molecule has 2 aromatic carbocycles. The van der Waals surface area contributed by atoms with Gasteiger partial charge in [-0.3, -0.25) is 19.7 Å². The van der Waals surface area contributed by atoms with Gasteiger partial charge >= 0.3 is 0 Å². The Kier molecular flexibility index (Phi) is 8.80. The molecule has 2 aromatic rings. The number of hydrogen-bond donors (Lipinski definition) is 1. The molecule has 0 heterocycles. The average Bonchev–Trinajstić information content (AvgIpc) is 2.71. The highest BCUT2D eigenvalue weighted by Gasteiger charge is 2.27. The minimum atomic E-state index is -0.740. The molecule has 0 fully saturated rings. The third-order valence-corrected chi connectivity index (χ3v) is 5.00. The fraction of sp³-hybridized carbons (Fsp3) is 0.364. The standard InChI is InChI=1S/C22H26ClN3O4/c1-3-4-12-24-22(28)16(2)25(15-17-8-7-10-19(23)13-17)21(27)14-18-9-5-6-11-20(18)26(29)30/h5-11,13,16H,3-4,12,14-15H2,1-2H3,(H,24,28). The number of nitro groups is 1. The number of halogens is 1. The minimum absolute atomic E-state index is 0.117. The van der Waals surface area contributed by atoms with Crippen LogP contribution in [0.4, 0.5) is 5.69 Å². The molecule has 1 unspecified atom stereocenters. The van der Waals surface area contributed by atoms with Crippen molar-refractivity contribution in [1.29, 1.82) is 0 Å². The third kappa shape index (κ3) is 6.56. The van der Waals surface area contributed by atoms with E-state index < -0.39 is 11.0 Å². The van der Waals surface area contributed by atoms with Gasteiger partial charge in [-0.15, -0.1) is 0 Å². The van der Waals surface area contributed by atoms with Crippen molar-refractivity contribution < 1.29 is 14.5 Å². The van der Waals surface area contributed by atoms with Crippen LogP contribution in [0.15, 0.2) is 48.5 Å². The van der Waals surface area contributed by atoms with Crippen molar-refractivity contribution in [1.82, 2.24) is 10.2 Å². The number of nitrogens with one attached hydrogen (secondary N) is 1. The second-order valence-corrected chi connectivity index (χ2v) is 7.47. The van der Waals surface area contributed by atoms with Crippen molar-refractivity contribution >= 4 is 29.1 Å². The number of carbonyl (C=O) groups excluding carboxylic acids is 2. The number of unbranched alkanes of at least 4 members (excludes halogenated alkanes) is 1. The molecule has 1 N–H and O–H groups in total. The van der Waals surface area contributed by atoms with Crippen LogP contribution in [-0.2, 0) is 22.6 Å². The van der Waals surface area contributed by atoms with E-state index in [-0.39, 0.29) is 30.5 Å². The molecule has 30 heavy (non-hydrogen) atoms. The molecule has 0 radical (unpaired) electrons. The van der Waals surface area contributed by atoms with Crippen molar-refractivity contribution in [3.05, 3.63) is 74.8 Å². The Balaban J connectivity index is 2.26. The van der Waals surface area contributed by atoms with E-state index in [1.54, 1.807) is 43.3 Å². The van der Waals surface area contributed by atoms with E-state index in [1.165, 1.54) is 11.0 Å². The first-order valence-electron chi connectivity index (χ1n) is 9.87. The second kappa shape index (κ2) is 11.3. The lowest BCUT2D eigenvalue weighted by Crippen LogP contribution is -2.48. The Morgan fingerprint density at radius 1 is 1.20 bits per heavy atom. The molecule has 0 aliphatic rings. The first-order chi connectivity index (χ1) is 14.3. The largest absolute Gasteiger partial charge is 0.354 e. The van der Waals surface area contributed by atoms with E-state index in [4.69, 9.17) is 11.6 Å². The summed E-state index contributed by atoms with van der Waals surface area (Å²) in [6.45, 7) is 4.38. The molecule has 1 atom stereocenters. The number of benzene rings is 2. The number of nitro benzene ring substituents is 1. The molecule has 7 nitrogen and oxygen atoms in total. The molecule has 0 aliphatic carbocycles. The number of para-hydroxylation sites is 1. The molecule has 0 bridgehead atoms. The maximum Gasteiger partial charge on any atom is 0.273 e. The van der Waals surface area contributed by atoms with Gasteiger partial charge in [0.25, 0.3) is 5.69 Å². The molecule has 0 saturated carbocycles. The maximum atomic E-state index is 13.1. The normalized spacial score (nSPS) is 11.6. The summed E-state index contributed by atoms with van der Waals surface area (Å²) in [6.07, 6.45) is 1.61.